The van der Waals surface area contributed by atoms with Crippen LogP contribution in [0, 0.1) is 0 Å². The van der Waals surface area contributed by atoms with E-state index in [0.29, 0.717) is 6.04 Å². The van der Waals surface area contributed by atoms with Crippen molar-refractivity contribution in [1.29, 1.82) is 0 Å². The van der Waals surface area contributed by atoms with E-state index in [1.54, 1.807) is 7.11 Å². The Morgan fingerprint density at radius 1 is 1.45 bits per heavy atom. The quantitative estimate of drug-likeness (QED) is 0.901. The van der Waals surface area contributed by atoms with Crippen LogP contribution in [-0.4, -0.2) is 31.8 Å². The summed E-state index contributed by atoms with van der Waals surface area (Å²) in [6, 6.07) is 6.75. The second kappa shape index (κ2) is 6.35. The molecule has 3 nitrogen and oxygen atoms in total. The zero-order chi connectivity index (χ0) is 14.8. The molecular formula is C16H25BrN2O. The number of hydrogen-bond acceptors (Lipinski definition) is 3. The predicted molar refractivity (Wildman–Crippen MR) is 88.8 cm³/mol. The molecule has 2 rings (SSSR count). The van der Waals surface area contributed by atoms with Gasteiger partial charge in [0.1, 0.15) is 5.75 Å². The zero-order valence-electron chi connectivity index (χ0n) is 12.9. The second-order valence-corrected chi connectivity index (χ2v) is 6.72. The average Bonchev–Trinajstić information content (AvgIpc) is 2.47. The van der Waals surface area contributed by atoms with Crippen molar-refractivity contribution in [3.05, 3.63) is 22.7 Å². The van der Waals surface area contributed by atoms with Gasteiger partial charge in [0.15, 0.2) is 0 Å². The summed E-state index contributed by atoms with van der Waals surface area (Å²) < 4.78 is 6.66. The van der Waals surface area contributed by atoms with Crippen molar-refractivity contribution in [2.45, 2.75) is 45.2 Å². The highest BCUT2D eigenvalue weighted by molar-refractivity contribution is 9.10. The van der Waals surface area contributed by atoms with Gasteiger partial charge in [-0.3, -0.25) is 0 Å². The molecule has 1 N–H and O–H groups in total. The fraction of sp³-hybridized carbons (Fsp3) is 0.625. The summed E-state index contributed by atoms with van der Waals surface area (Å²) in [5.41, 5.74) is 1.36. The Kier molecular flexibility index (Phi) is 4.97. The lowest BCUT2D eigenvalue weighted by atomic mass is 9.92. The minimum absolute atomic E-state index is 0.166. The Bertz CT molecular complexity index is 466. The van der Waals surface area contributed by atoms with Crippen LogP contribution in [0.15, 0.2) is 22.7 Å². The molecule has 1 aromatic rings. The molecule has 2 unspecified atom stereocenters. The highest BCUT2D eigenvalue weighted by Crippen LogP contribution is 2.35. The van der Waals surface area contributed by atoms with Crippen LogP contribution in [0.25, 0.3) is 0 Å². The van der Waals surface area contributed by atoms with Crippen LogP contribution in [-0.2, 0) is 0 Å². The summed E-state index contributed by atoms with van der Waals surface area (Å²) in [6.07, 6.45) is 2.25. The number of benzene rings is 1. The summed E-state index contributed by atoms with van der Waals surface area (Å²) >= 11 is 3.58. The van der Waals surface area contributed by atoms with E-state index in [9.17, 15) is 0 Å². The monoisotopic (exact) mass is 340 g/mol. The van der Waals surface area contributed by atoms with Gasteiger partial charge in [0.05, 0.1) is 12.8 Å². The van der Waals surface area contributed by atoms with Crippen molar-refractivity contribution < 1.29 is 4.74 Å². The number of nitrogens with one attached hydrogen (secondary N) is 1. The molecule has 20 heavy (non-hydrogen) atoms. The largest absolute Gasteiger partial charge is 0.495 e. The van der Waals surface area contributed by atoms with E-state index in [1.807, 2.05) is 12.1 Å². The smallest absolute Gasteiger partial charge is 0.142 e. The standard InChI is InChI=1S/C16H25BrN2O/c1-5-13-10-18-16(3,6-2)11-19(13)14-9-12(17)7-8-15(14)20-4/h7-9,13,18H,5-6,10-11H2,1-4H3. The van der Waals surface area contributed by atoms with Gasteiger partial charge in [-0.2, -0.15) is 0 Å². The van der Waals surface area contributed by atoms with Crippen LogP contribution in [0.5, 0.6) is 5.75 Å². The Labute approximate surface area is 130 Å². The Morgan fingerprint density at radius 2 is 2.20 bits per heavy atom. The molecule has 1 aliphatic rings. The summed E-state index contributed by atoms with van der Waals surface area (Å²) in [5.74, 6) is 0.951. The van der Waals surface area contributed by atoms with Crippen LogP contribution in [0.3, 0.4) is 0 Å². The molecule has 0 aliphatic carbocycles. The highest BCUT2D eigenvalue weighted by atomic mass is 79.9. The molecular weight excluding hydrogens is 316 g/mol. The summed E-state index contributed by atoms with van der Waals surface area (Å²) in [5, 5.41) is 3.70. The molecule has 1 fully saturated rings. The number of rotatable bonds is 4. The van der Waals surface area contributed by atoms with E-state index >= 15 is 0 Å². The molecule has 1 aromatic carbocycles. The fourth-order valence-electron chi connectivity index (χ4n) is 2.81. The van der Waals surface area contributed by atoms with E-state index < -0.39 is 0 Å². The highest BCUT2D eigenvalue weighted by Gasteiger charge is 2.34. The lowest BCUT2D eigenvalue weighted by molar-refractivity contribution is 0.274. The lowest BCUT2D eigenvalue weighted by Crippen LogP contribution is -2.62. The van der Waals surface area contributed by atoms with Gasteiger partial charge in [-0.05, 0) is 38.0 Å². The van der Waals surface area contributed by atoms with Crippen LogP contribution >= 0.6 is 15.9 Å². The first-order valence-electron chi connectivity index (χ1n) is 7.38. The van der Waals surface area contributed by atoms with Gasteiger partial charge in [-0.1, -0.05) is 29.8 Å². The molecule has 2 atom stereocenters. The van der Waals surface area contributed by atoms with Gasteiger partial charge in [-0.15, -0.1) is 0 Å². The van der Waals surface area contributed by atoms with Gasteiger partial charge in [-0.25, -0.2) is 0 Å². The Hall–Kier alpha value is -0.740. The number of methoxy groups -OCH3 is 1. The van der Waals surface area contributed by atoms with Gasteiger partial charge in [0, 0.05) is 29.1 Å². The van der Waals surface area contributed by atoms with Crippen molar-refractivity contribution in [3.8, 4) is 5.75 Å². The molecule has 0 bridgehead atoms. The first kappa shape index (κ1) is 15.6. The third-order valence-electron chi connectivity index (χ3n) is 4.43. The first-order valence-corrected chi connectivity index (χ1v) is 8.17. The molecule has 4 heteroatoms. The van der Waals surface area contributed by atoms with Crippen molar-refractivity contribution in [1.82, 2.24) is 5.32 Å². The topological polar surface area (TPSA) is 24.5 Å². The minimum Gasteiger partial charge on any atom is -0.495 e. The fourth-order valence-corrected chi connectivity index (χ4v) is 3.16. The van der Waals surface area contributed by atoms with Crippen LogP contribution in [0.2, 0.25) is 0 Å². The lowest BCUT2D eigenvalue weighted by Gasteiger charge is -2.47. The summed E-state index contributed by atoms with van der Waals surface area (Å²) in [7, 11) is 1.74. The van der Waals surface area contributed by atoms with E-state index in [1.165, 1.54) is 5.69 Å². The number of nitrogens with zero attached hydrogens (tertiary/aromatic N) is 1. The van der Waals surface area contributed by atoms with Crippen LogP contribution in [0.1, 0.15) is 33.6 Å². The molecule has 0 amide bonds. The van der Waals surface area contributed by atoms with Gasteiger partial charge >= 0.3 is 0 Å². The van der Waals surface area contributed by atoms with E-state index in [2.05, 4.69) is 53.0 Å². The minimum atomic E-state index is 0.166. The van der Waals surface area contributed by atoms with Gasteiger partial charge < -0.3 is 15.0 Å². The molecule has 0 spiro atoms. The Balaban J connectivity index is 2.38. The molecule has 0 aromatic heterocycles. The maximum absolute atomic E-state index is 5.57. The van der Waals surface area contributed by atoms with Crippen molar-refractivity contribution >= 4 is 21.6 Å². The maximum Gasteiger partial charge on any atom is 0.142 e. The molecule has 112 valence electrons. The van der Waals surface area contributed by atoms with Gasteiger partial charge in [0.25, 0.3) is 0 Å². The van der Waals surface area contributed by atoms with E-state index in [4.69, 9.17) is 4.74 Å². The molecule has 1 aliphatic heterocycles. The summed E-state index contributed by atoms with van der Waals surface area (Å²) in [6.45, 7) is 8.83. The number of piperazine rings is 1. The number of halogens is 1. The SMILES string of the molecule is CCC1CNC(C)(CC)CN1c1cc(Br)ccc1OC. The van der Waals surface area contributed by atoms with Crippen LogP contribution in [0.4, 0.5) is 5.69 Å². The number of hydrogen-bond donors (Lipinski definition) is 1. The third-order valence-corrected chi connectivity index (χ3v) is 4.92. The van der Waals surface area contributed by atoms with Crippen molar-refractivity contribution in [2.75, 3.05) is 25.1 Å². The second-order valence-electron chi connectivity index (χ2n) is 5.80. The van der Waals surface area contributed by atoms with Crippen molar-refractivity contribution in [3.63, 3.8) is 0 Å². The molecule has 0 radical (unpaired) electrons. The number of ether oxygens (including phenoxy) is 1. The molecule has 1 saturated heterocycles. The van der Waals surface area contributed by atoms with Crippen LogP contribution < -0.4 is 15.0 Å². The Morgan fingerprint density at radius 3 is 2.80 bits per heavy atom. The molecule has 0 saturated carbocycles. The van der Waals surface area contributed by atoms with Crippen molar-refractivity contribution in [2.24, 2.45) is 0 Å². The normalized spacial score (nSPS) is 26.6. The number of anilines is 1. The van der Waals surface area contributed by atoms with E-state index in [0.717, 1.165) is 36.2 Å². The third kappa shape index (κ3) is 3.12. The van der Waals surface area contributed by atoms with Gasteiger partial charge in [0.2, 0.25) is 0 Å². The first-order chi connectivity index (χ1) is 9.53. The predicted octanol–water partition coefficient (Wildman–Crippen LogP) is 3.81. The molecule has 1 heterocycles. The average molecular weight is 341 g/mol. The zero-order valence-corrected chi connectivity index (χ0v) is 14.5. The maximum atomic E-state index is 5.57. The summed E-state index contributed by atoms with van der Waals surface area (Å²) in [4.78, 5) is 2.50. The van der Waals surface area contributed by atoms with E-state index in [-0.39, 0.29) is 5.54 Å².